The summed E-state index contributed by atoms with van der Waals surface area (Å²) >= 11 is 9.25. The van der Waals surface area contributed by atoms with Crippen molar-refractivity contribution in [2.24, 2.45) is 0 Å². The van der Waals surface area contributed by atoms with Gasteiger partial charge in [-0.2, -0.15) is 5.26 Å². The zero-order valence-electron chi connectivity index (χ0n) is 10.5. The molecule has 0 bridgehead atoms. The second kappa shape index (κ2) is 7.14. The van der Waals surface area contributed by atoms with Gasteiger partial charge in [0.15, 0.2) is 0 Å². The fourth-order valence-electron chi connectivity index (χ4n) is 1.65. The lowest BCUT2D eigenvalue weighted by Crippen LogP contribution is -1.96. The van der Waals surface area contributed by atoms with E-state index >= 15 is 0 Å². The van der Waals surface area contributed by atoms with Crippen LogP contribution < -0.4 is 4.74 Å². The van der Waals surface area contributed by atoms with Gasteiger partial charge in [-0.15, -0.1) is 0 Å². The van der Waals surface area contributed by atoms with E-state index < -0.39 is 0 Å². The molecule has 2 rings (SSSR count). The molecule has 2 nitrogen and oxygen atoms in total. The summed E-state index contributed by atoms with van der Waals surface area (Å²) in [5, 5.41) is 9.32. The first-order valence-corrected chi connectivity index (χ1v) is 7.09. The first kappa shape index (κ1) is 14.6. The molecule has 0 N–H and O–H groups in total. The minimum atomic E-state index is 0.451. The molecule has 0 amide bonds. The van der Waals surface area contributed by atoms with Crippen molar-refractivity contribution in [2.45, 2.75) is 6.61 Å². The molecule has 4 heteroatoms. The molecule has 0 unspecified atom stereocenters. The van der Waals surface area contributed by atoms with Crippen molar-refractivity contribution in [3.8, 4) is 11.8 Å². The van der Waals surface area contributed by atoms with Crippen molar-refractivity contribution in [2.75, 3.05) is 0 Å². The van der Waals surface area contributed by atoms with Gasteiger partial charge in [0, 0.05) is 21.1 Å². The first-order valence-electron chi connectivity index (χ1n) is 5.92. The summed E-state index contributed by atoms with van der Waals surface area (Å²) in [7, 11) is 0. The second-order valence-electron chi connectivity index (χ2n) is 4.06. The molecule has 0 aliphatic carbocycles. The molecule has 20 heavy (non-hydrogen) atoms. The minimum Gasteiger partial charge on any atom is -0.488 e. The van der Waals surface area contributed by atoms with E-state index in [1.165, 1.54) is 6.08 Å². The maximum atomic E-state index is 8.62. The number of rotatable bonds is 4. The van der Waals surface area contributed by atoms with E-state index in [9.17, 15) is 0 Å². The number of benzene rings is 2. The van der Waals surface area contributed by atoms with E-state index in [2.05, 4.69) is 15.9 Å². The highest BCUT2D eigenvalue weighted by atomic mass is 79.9. The van der Waals surface area contributed by atoms with Gasteiger partial charge in [0.1, 0.15) is 12.4 Å². The zero-order valence-corrected chi connectivity index (χ0v) is 12.9. The second-order valence-corrected chi connectivity index (χ2v) is 5.41. The Bertz CT molecular complexity index is 659. The lowest BCUT2D eigenvalue weighted by Gasteiger charge is -2.10. The van der Waals surface area contributed by atoms with Crippen LogP contribution in [0.3, 0.4) is 0 Å². The molecule has 0 saturated heterocycles. The van der Waals surface area contributed by atoms with Crippen LogP contribution in [0.25, 0.3) is 6.08 Å². The number of nitrogens with zero attached hydrogens (tertiary/aromatic N) is 1. The van der Waals surface area contributed by atoms with Gasteiger partial charge in [0.2, 0.25) is 0 Å². The third-order valence-electron chi connectivity index (χ3n) is 2.62. The molecule has 100 valence electrons. The number of allylic oxidation sites excluding steroid dienone is 1. The van der Waals surface area contributed by atoms with Crippen LogP contribution in [0.2, 0.25) is 5.02 Å². The fraction of sp³-hybridized carbons (Fsp3) is 0.0625. The van der Waals surface area contributed by atoms with Crippen molar-refractivity contribution in [3.63, 3.8) is 0 Å². The Hall–Kier alpha value is -1.76. The molecule has 2 aromatic rings. The summed E-state index contributed by atoms with van der Waals surface area (Å²) in [6.07, 6.45) is 3.15. The summed E-state index contributed by atoms with van der Waals surface area (Å²) < 4.78 is 6.73. The summed E-state index contributed by atoms with van der Waals surface area (Å²) in [5.74, 6) is 0.731. The van der Waals surface area contributed by atoms with Gasteiger partial charge in [0.05, 0.1) is 6.07 Å². The SMILES string of the molecule is N#C/C=C/c1cc(Br)ccc1OCc1ccc(Cl)cc1. The standard InChI is InChI=1S/C16H11BrClNO/c17-14-5-8-16(13(10-14)2-1-9-19)20-11-12-3-6-15(18)7-4-12/h1-8,10H,11H2/b2-1+. The molecule has 0 atom stereocenters. The molecular weight excluding hydrogens is 338 g/mol. The molecule has 0 radical (unpaired) electrons. The molecule has 0 saturated carbocycles. The normalized spacial score (nSPS) is 10.4. The van der Waals surface area contributed by atoms with Gasteiger partial charge in [0.25, 0.3) is 0 Å². The van der Waals surface area contributed by atoms with E-state index in [1.807, 2.05) is 48.5 Å². The molecule has 0 spiro atoms. The molecule has 2 aromatic carbocycles. The van der Waals surface area contributed by atoms with Crippen molar-refractivity contribution < 1.29 is 4.74 Å². The highest BCUT2D eigenvalue weighted by Crippen LogP contribution is 2.25. The fourth-order valence-corrected chi connectivity index (χ4v) is 2.15. The van der Waals surface area contributed by atoms with E-state index in [-0.39, 0.29) is 0 Å². The average molecular weight is 349 g/mol. The van der Waals surface area contributed by atoms with Crippen molar-refractivity contribution >= 4 is 33.6 Å². The molecule has 0 aliphatic heterocycles. The summed E-state index contributed by atoms with van der Waals surface area (Å²) in [4.78, 5) is 0. The van der Waals surface area contributed by atoms with Crippen LogP contribution in [0.4, 0.5) is 0 Å². The molecule has 0 aromatic heterocycles. The monoisotopic (exact) mass is 347 g/mol. The smallest absolute Gasteiger partial charge is 0.127 e. The Balaban J connectivity index is 2.14. The number of hydrogen-bond donors (Lipinski definition) is 0. The van der Waals surface area contributed by atoms with Crippen LogP contribution >= 0.6 is 27.5 Å². The minimum absolute atomic E-state index is 0.451. The van der Waals surface area contributed by atoms with Crippen LogP contribution in [-0.2, 0) is 6.61 Å². The lowest BCUT2D eigenvalue weighted by atomic mass is 10.2. The Morgan fingerprint density at radius 3 is 2.65 bits per heavy atom. The molecule has 0 fully saturated rings. The average Bonchev–Trinajstić information content (AvgIpc) is 2.46. The third kappa shape index (κ3) is 4.12. The van der Waals surface area contributed by atoms with E-state index in [4.69, 9.17) is 21.6 Å². The maximum absolute atomic E-state index is 8.62. The third-order valence-corrected chi connectivity index (χ3v) is 3.36. The van der Waals surface area contributed by atoms with Crippen LogP contribution in [0.1, 0.15) is 11.1 Å². The Morgan fingerprint density at radius 1 is 1.20 bits per heavy atom. The summed E-state index contributed by atoms with van der Waals surface area (Å²) in [6.45, 7) is 0.451. The van der Waals surface area contributed by atoms with Crippen LogP contribution in [-0.4, -0.2) is 0 Å². The highest BCUT2D eigenvalue weighted by Gasteiger charge is 2.03. The largest absolute Gasteiger partial charge is 0.488 e. The van der Waals surface area contributed by atoms with Gasteiger partial charge in [-0.3, -0.25) is 0 Å². The van der Waals surface area contributed by atoms with Crippen LogP contribution in [0.5, 0.6) is 5.75 Å². The molecule has 0 aliphatic rings. The molecular formula is C16H11BrClNO. The number of halogens is 2. The Kier molecular flexibility index (Phi) is 5.23. The lowest BCUT2D eigenvalue weighted by molar-refractivity contribution is 0.305. The van der Waals surface area contributed by atoms with Gasteiger partial charge >= 0.3 is 0 Å². The van der Waals surface area contributed by atoms with Crippen LogP contribution in [0, 0.1) is 11.3 Å². The van der Waals surface area contributed by atoms with Crippen molar-refractivity contribution in [3.05, 3.63) is 69.2 Å². The number of nitriles is 1. The predicted octanol–water partition coefficient (Wildman–Crippen LogP) is 5.22. The Morgan fingerprint density at radius 2 is 1.95 bits per heavy atom. The van der Waals surface area contributed by atoms with Crippen molar-refractivity contribution in [1.82, 2.24) is 0 Å². The van der Waals surface area contributed by atoms with Gasteiger partial charge in [-0.25, -0.2) is 0 Å². The topological polar surface area (TPSA) is 33.0 Å². The zero-order chi connectivity index (χ0) is 14.4. The quantitative estimate of drug-likeness (QED) is 0.710. The summed E-state index contributed by atoms with van der Waals surface area (Å²) in [5.41, 5.74) is 1.89. The van der Waals surface area contributed by atoms with Gasteiger partial charge < -0.3 is 4.74 Å². The van der Waals surface area contributed by atoms with E-state index in [1.54, 1.807) is 6.08 Å². The number of hydrogen-bond acceptors (Lipinski definition) is 2. The van der Waals surface area contributed by atoms with E-state index in [0.29, 0.717) is 11.6 Å². The molecule has 0 heterocycles. The highest BCUT2D eigenvalue weighted by molar-refractivity contribution is 9.10. The maximum Gasteiger partial charge on any atom is 0.127 e. The predicted molar refractivity (Wildman–Crippen MR) is 84.6 cm³/mol. The summed E-state index contributed by atoms with van der Waals surface area (Å²) in [6, 6.07) is 15.2. The van der Waals surface area contributed by atoms with E-state index in [0.717, 1.165) is 21.3 Å². The Labute approximate surface area is 131 Å². The van der Waals surface area contributed by atoms with Crippen molar-refractivity contribution in [1.29, 1.82) is 5.26 Å². The first-order chi connectivity index (χ1) is 9.69. The van der Waals surface area contributed by atoms with Gasteiger partial charge in [-0.05, 0) is 42.0 Å². The number of ether oxygens (including phenoxy) is 1. The van der Waals surface area contributed by atoms with Crippen LogP contribution in [0.15, 0.2) is 53.0 Å². The van der Waals surface area contributed by atoms with Gasteiger partial charge in [-0.1, -0.05) is 39.7 Å².